The Labute approximate surface area is 156 Å². The Morgan fingerprint density at radius 1 is 1.19 bits per heavy atom. The zero-order valence-electron chi connectivity index (χ0n) is 14.8. The van der Waals surface area contributed by atoms with E-state index in [0.29, 0.717) is 17.0 Å². The molecule has 2 aromatic rings. The van der Waals surface area contributed by atoms with Gasteiger partial charge in [0.2, 0.25) is 0 Å². The van der Waals surface area contributed by atoms with Gasteiger partial charge in [0.15, 0.2) is 6.10 Å². The van der Waals surface area contributed by atoms with Gasteiger partial charge in [0.1, 0.15) is 5.75 Å². The third-order valence-electron chi connectivity index (χ3n) is 3.56. The maximum Gasteiger partial charge on any atom is 0.335 e. The van der Waals surface area contributed by atoms with E-state index in [1.165, 1.54) is 19.2 Å². The molecule has 0 radical (unpaired) electrons. The molecule has 0 aromatic heterocycles. The van der Waals surface area contributed by atoms with Crippen molar-refractivity contribution in [2.24, 2.45) is 0 Å². The first-order valence-electron chi connectivity index (χ1n) is 7.90. The minimum absolute atomic E-state index is 0.0797. The number of anilines is 1. The molecule has 7 heteroatoms. The van der Waals surface area contributed by atoms with Crippen LogP contribution in [-0.4, -0.2) is 36.5 Å². The van der Waals surface area contributed by atoms with E-state index >= 15 is 0 Å². The van der Waals surface area contributed by atoms with Gasteiger partial charge in [0.05, 0.1) is 12.2 Å². The molecular weight excluding hydrogens is 354 g/mol. The van der Waals surface area contributed by atoms with Crippen LogP contribution < -0.4 is 10.1 Å². The number of aromatic carboxylic acids is 1. The van der Waals surface area contributed by atoms with E-state index in [1.54, 1.807) is 36.9 Å². The summed E-state index contributed by atoms with van der Waals surface area (Å²) in [5, 5.41) is 11.9. The minimum Gasteiger partial charge on any atom is -0.481 e. The molecule has 0 aliphatic carbocycles. The fourth-order valence-electron chi connectivity index (χ4n) is 2.29. The number of carbonyl (C=O) groups excluding carboxylic acids is 1. The summed E-state index contributed by atoms with van der Waals surface area (Å²) in [6.45, 7) is 1.88. The molecule has 2 rings (SSSR count). The molecule has 0 aliphatic rings. The van der Waals surface area contributed by atoms with Crippen LogP contribution in [0.25, 0.3) is 0 Å². The second-order valence-corrected chi connectivity index (χ2v) is 6.46. The first kappa shape index (κ1) is 19.8. The molecular formula is C19H21NO5S. The molecule has 1 amide bonds. The molecule has 0 aliphatic heterocycles. The molecule has 0 spiro atoms. The summed E-state index contributed by atoms with van der Waals surface area (Å²) in [6.07, 6.45) is 1.24. The van der Waals surface area contributed by atoms with Crippen molar-refractivity contribution in [1.82, 2.24) is 0 Å². The van der Waals surface area contributed by atoms with Gasteiger partial charge in [0.25, 0.3) is 5.91 Å². The summed E-state index contributed by atoms with van der Waals surface area (Å²) in [4.78, 5) is 24.7. The Morgan fingerprint density at radius 3 is 2.46 bits per heavy atom. The summed E-state index contributed by atoms with van der Waals surface area (Å²) < 4.78 is 10.7. The molecule has 0 saturated carbocycles. The Kier molecular flexibility index (Phi) is 7.06. The Bertz CT molecular complexity index is 776. The van der Waals surface area contributed by atoms with E-state index < -0.39 is 12.1 Å². The molecule has 138 valence electrons. The van der Waals surface area contributed by atoms with Crippen molar-refractivity contribution in [3.8, 4) is 5.75 Å². The summed E-state index contributed by atoms with van der Waals surface area (Å²) >= 11 is 1.62. The van der Waals surface area contributed by atoms with Crippen LogP contribution >= 0.6 is 11.8 Å². The van der Waals surface area contributed by atoms with E-state index in [1.807, 2.05) is 18.4 Å². The van der Waals surface area contributed by atoms with Gasteiger partial charge in [-0.25, -0.2) is 4.79 Å². The number of methoxy groups -OCH3 is 1. The zero-order valence-corrected chi connectivity index (χ0v) is 15.6. The smallest absolute Gasteiger partial charge is 0.335 e. The molecule has 0 saturated heterocycles. The number of rotatable bonds is 8. The third kappa shape index (κ3) is 5.50. The number of hydrogen-bond donors (Lipinski definition) is 2. The van der Waals surface area contributed by atoms with E-state index in [2.05, 4.69) is 5.32 Å². The van der Waals surface area contributed by atoms with Crippen molar-refractivity contribution in [1.29, 1.82) is 0 Å². The van der Waals surface area contributed by atoms with Crippen LogP contribution in [0.2, 0.25) is 0 Å². The summed E-state index contributed by atoms with van der Waals surface area (Å²) in [6, 6.07) is 12.0. The highest BCUT2D eigenvalue weighted by Crippen LogP contribution is 2.21. The average molecular weight is 375 g/mol. The highest BCUT2D eigenvalue weighted by molar-refractivity contribution is 7.98. The van der Waals surface area contributed by atoms with Crippen molar-refractivity contribution in [3.63, 3.8) is 0 Å². The lowest BCUT2D eigenvalue weighted by atomic mass is 10.1. The van der Waals surface area contributed by atoms with Gasteiger partial charge in [-0.15, -0.1) is 11.8 Å². The highest BCUT2D eigenvalue weighted by Gasteiger charge is 2.16. The van der Waals surface area contributed by atoms with E-state index in [4.69, 9.17) is 9.47 Å². The van der Waals surface area contributed by atoms with Gasteiger partial charge in [0, 0.05) is 17.7 Å². The van der Waals surface area contributed by atoms with Crippen LogP contribution in [0.15, 0.2) is 47.4 Å². The first-order valence-corrected chi connectivity index (χ1v) is 9.13. The standard InChI is InChI=1S/C19H21NO5S/c1-12(25-16-4-6-17(26-3)7-5-16)18(21)20-15-9-13(11-24-2)8-14(10-15)19(22)23/h4-10,12H,11H2,1-3H3,(H,20,21)(H,22,23). The number of carboxylic acid groups (broad SMARTS) is 1. The average Bonchev–Trinajstić information content (AvgIpc) is 2.62. The van der Waals surface area contributed by atoms with Crippen molar-refractivity contribution in [3.05, 3.63) is 53.6 Å². The number of carboxylic acids is 1. The molecule has 0 fully saturated rings. The fourth-order valence-corrected chi connectivity index (χ4v) is 2.70. The SMILES string of the molecule is COCc1cc(NC(=O)C(C)Oc2ccc(SC)cc2)cc(C(=O)O)c1. The van der Waals surface area contributed by atoms with Gasteiger partial charge in [-0.05, 0) is 61.2 Å². The second-order valence-electron chi connectivity index (χ2n) is 5.58. The second kappa shape index (κ2) is 9.26. The van der Waals surface area contributed by atoms with Crippen LogP contribution in [0, 0.1) is 0 Å². The molecule has 6 nitrogen and oxygen atoms in total. The number of carbonyl (C=O) groups is 2. The van der Waals surface area contributed by atoms with Crippen molar-refractivity contribution >= 4 is 29.3 Å². The van der Waals surface area contributed by atoms with Crippen LogP contribution in [0.4, 0.5) is 5.69 Å². The first-order chi connectivity index (χ1) is 12.4. The highest BCUT2D eigenvalue weighted by atomic mass is 32.2. The van der Waals surface area contributed by atoms with Crippen LogP contribution in [0.5, 0.6) is 5.75 Å². The fraction of sp³-hybridized carbons (Fsp3) is 0.263. The minimum atomic E-state index is -1.07. The number of thioether (sulfide) groups is 1. The summed E-state index contributed by atoms with van der Waals surface area (Å²) in [5.41, 5.74) is 1.12. The normalized spacial score (nSPS) is 11.7. The van der Waals surface area contributed by atoms with Crippen LogP contribution in [-0.2, 0) is 16.1 Å². The van der Waals surface area contributed by atoms with E-state index in [9.17, 15) is 14.7 Å². The molecule has 1 atom stereocenters. The van der Waals surface area contributed by atoms with Gasteiger partial charge < -0.3 is 19.9 Å². The lowest BCUT2D eigenvalue weighted by Crippen LogP contribution is -2.30. The van der Waals surface area contributed by atoms with Gasteiger partial charge in [-0.1, -0.05) is 0 Å². The lowest BCUT2D eigenvalue weighted by Gasteiger charge is -2.16. The Balaban J connectivity index is 2.08. The topological polar surface area (TPSA) is 84.9 Å². The van der Waals surface area contributed by atoms with Crippen molar-refractivity contribution in [2.75, 3.05) is 18.7 Å². The number of amides is 1. The van der Waals surface area contributed by atoms with Gasteiger partial charge >= 0.3 is 5.97 Å². The molecule has 0 bridgehead atoms. The maximum absolute atomic E-state index is 12.4. The summed E-state index contributed by atoms with van der Waals surface area (Å²) in [5.74, 6) is -0.855. The monoisotopic (exact) mass is 375 g/mol. The largest absolute Gasteiger partial charge is 0.481 e. The lowest BCUT2D eigenvalue weighted by molar-refractivity contribution is -0.122. The van der Waals surface area contributed by atoms with E-state index in [-0.39, 0.29) is 18.1 Å². The van der Waals surface area contributed by atoms with Crippen molar-refractivity contribution < 1.29 is 24.2 Å². The quantitative estimate of drug-likeness (QED) is 0.685. The number of benzene rings is 2. The van der Waals surface area contributed by atoms with Crippen molar-refractivity contribution in [2.45, 2.75) is 24.5 Å². The number of nitrogens with one attached hydrogen (secondary N) is 1. The van der Waals surface area contributed by atoms with E-state index in [0.717, 1.165) is 4.90 Å². The molecule has 0 heterocycles. The van der Waals surface area contributed by atoms with Gasteiger partial charge in [-0.3, -0.25) is 4.79 Å². The zero-order chi connectivity index (χ0) is 19.1. The predicted molar refractivity (Wildman–Crippen MR) is 101 cm³/mol. The predicted octanol–water partition coefficient (Wildman–Crippen LogP) is 3.66. The summed E-state index contributed by atoms with van der Waals surface area (Å²) in [7, 11) is 1.52. The number of hydrogen-bond acceptors (Lipinski definition) is 5. The Hall–Kier alpha value is -2.51. The maximum atomic E-state index is 12.4. The molecule has 2 aromatic carbocycles. The number of ether oxygens (including phenoxy) is 2. The van der Waals surface area contributed by atoms with Gasteiger partial charge in [-0.2, -0.15) is 0 Å². The van der Waals surface area contributed by atoms with Crippen LogP contribution in [0.1, 0.15) is 22.8 Å². The molecule has 26 heavy (non-hydrogen) atoms. The Morgan fingerprint density at radius 2 is 1.88 bits per heavy atom. The molecule has 2 N–H and O–H groups in total. The molecule has 1 unspecified atom stereocenters. The van der Waals surface area contributed by atoms with Crippen LogP contribution in [0.3, 0.4) is 0 Å². The third-order valence-corrected chi connectivity index (χ3v) is 4.30.